The monoisotopic (exact) mass is 489 g/mol. The van der Waals surface area contributed by atoms with E-state index in [1.165, 1.54) is 18.3 Å². The maximum absolute atomic E-state index is 12.8. The van der Waals surface area contributed by atoms with Gasteiger partial charge in [0.1, 0.15) is 24.3 Å². The van der Waals surface area contributed by atoms with Crippen LogP contribution in [0.15, 0.2) is 54.6 Å². The van der Waals surface area contributed by atoms with Gasteiger partial charge in [-0.15, -0.1) is 0 Å². The molecule has 4 rings (SSSR count). The normalized spacial score (nSPS) is 17.7. The first kappa shape index (κ1) is 27.8. The summed E-state index contributed by atoms with van der Waals surface area (Å²) in [6.45, 7) is 4.52. The lowest BCUT2D eigenvalue weighted by Gasteiger charge is -2.19. The van der Waals surface area contributed by atoms with Gasteiger partial charge in [-0.1, -0.05) is 38.1 Å². The Hall–Kier alpha value is -3.42. The topological polar surface area (TPSA) is 101 Å². The number of pyridine rings is 1. The predicted octanol–water partition coefficient (Wildman–Crippen LogP) is 4.27. The van der Waals surface area contributed by atoms with Crippen molar-refractivity contribution in [2.24, 2.45) is 0 Å². The van der Waals surface area contributed by atoms with Crippen LogP contribution in [0.3, 0.4) is 0 Å². The van der Waals surface area contributed by atoms with Gasteiger partial charge in [0.05, 0.1) is 29.4 Å². The van der Waals surface area contributed by atoms with Crippen LogP contribution in [0.1, 0.15) is 49.1 Å². The number of nitrogens with one attached hydrogen (secondary N) is 2. The van der Waals surface area contributed by atoms with E-state index in [1.807, 2.05) is 19.9 Å². The van der Waals surface area contributed by atoms with Crippen molar-refractivity contribution in [3.05, 3.63) is 76.9 Å². The summed E-state index contributed by atoms with van der Waals surface area (Å²) in [5.74, 6) is 0.237. The van der Waals surface area contributed by atoms with Crippen LogP contribution in [0.4, 0.5) is 13.2 Å². The van der Waals surface area contributed by atoms with Gasteiger partial charge in [0.15, 0.2) is 0 Å². The lowest BCUT2D eigenvalue weighted by molar-refractivity contribution is -0.160. The summed E-state index contributed by atoms with van der Waals surface area (Å²) in [7, 11) is 1.76. The molecule has 2 aliphatic rings. The SMILES string of the molecule is CC.CNC1NN(Cc2ccc(C#N)cn2)C=C1O.O=CCc1ccc(C2(C(F)(F)F)CC2)cc1. The molecule has 0 bridgehead atoms. The van der Waals surface area contributed by atoms with Crippen molar-refractivity contribution in [1.29, 1.82) is 5.26 Å². The summed E-state index contributed by atoms with van der Waals surface area (Å²) in [4.78, 5) is 14.4. The zero-order valence-corrected chi connectivity index (χ0v) is 19.9. The Kier molecular flexibility index (Phi) is 9.80. The number of benzene rings is 1. The molecule has 35 heavy (non-hydrogen) atoms. The molecule has 2 aromatic rings. The molecule has 1 aromatic heterocycles. The molecule has 7 nitrogen and oxygen atoms in total. The molecule has 1 fully saturated rings. The number of nitrogens with zero attached hydrogens (tertiary/aromatic N) is 3. The lowest BCUT2D eigenvalue weighted by Crippen LogP contribution is -2.43. The molecular weight excluding hydrogens is 459 g/mol. The van der Waals surface area contributed by atoms with Gasteiger partial charge in [-0.25, -0.2) is 5.43 Å². The number of nitriles is 1. The van der Waals surface area contributed by atoms with E-state index in [1.54, 1.807) is 42.5 Å². The summed E-state index contributed by atoms with van der Waals surface area (Å²) in [5.41, 5.74) is 3.84. The summed E-state index contributed by atoms with van der Waals surface area (Å²) in [6.07, 6.45) is 0.0522. The van der Waals surface area contributed by atoms with Gasteiger partial charge in [-0.05, 0) is 43.1 Å². The van der Waals surface area contributed by atoms with Crippen molar-refractivity contribution in [3.8, 4) is 6.07 Å². The van der Waals surface area contributed by atoms with E-state index < -0.39 is 11.6 Å². The molecular formula is C25H30F3N5O2. The molecule has 2 heterocycles. The van der Waals surface area contributed by atoms with Crippen LogP contribution in [-0.4, -0.2) is 40.8 Å². The minimum Gasteiger partial charge on any atom is -0.508 e. The maximum Gasteiger partial charge on any atom is 0.398 e. The van der Waals surface area contributed by atoms with Crippen LogP contribution >= 0.6 is 0 Å². The fraction of sp³-hybridized carbons (Fsp3) is 0.400. The highest BCUT2D eigenvalue weighted by Crippen LogP contribution is 2.58. The van der Waals surface area contributed by atoms with Crippen molar-refractivity contribution < 1.29 is 23.1 Å². The van der Waals surface area contributed by atoms with Crippen LogP contribution in [0.2, 0.25) is 0 Å². The highest BCUT2D eigenvalue weighted by molar-refractivity contribution is 5.55. The number of aromatic nitrogens is 1. The largest absolute Gasteiger partial charge is 0.508 e. The second-order valence-corrected chi connectivity index (χ2v) is 7.83. The predicted molar refractivity (Wildman–Crippen MR) is 126 cm³/mol. The molecule has 1 aliphatic heterocycles. The van der Waals surface area contributed by atoms with Gasteiger partial charge < -0.3 is 14.9 Å². The number of hydrogen-bond acceptors (Lipinski definition) is 7. The van der Waals surface area contributed by atoms with E-state index in [4.69, 9.17) is 5.26 Å². The van der Waals surface area contributed by atoms with E-state index in [9.17, 15) is 23.1 Å². The molecule has 1 aromatic carbocycles. The lowest BCUT2D eigenvalue weighted by atomic mass is 9.94. The Morgan fingerprint density at radius 3 is 2.34 bits per heavy atom. The molecule has 188 valence electrons. The summed E-state index contributed by atoms with van der Waals surface area (Å²) < 4.78 is 38.3. The first-order valence-corrected chi connectivity index (χ1v) is 11.3. The van der Waals surface area contributed by atoms with Crippen LogP contribution in [0, 0.1) is 11.3 Å². The molecule has 0 spiro atoms. The molecule has 10 heteroatoms. The van der Waals surface area contributed by atoms with Crippen molar-refractivity contribution in [2.75, 3.05) is 7.05 Å². The highest BCUT2D eigenvalue weighted by atomic mass is 19.4. The number of aldehydes is 1. The Morgan fingerprint density at radius 2 is 1.91 bits per heavy atom. The second kappa shape index (κ2) is 12.3. The third-order valence-corrected chi connectivity index (χ3v) is 5.57. The molecule has 1 saturated carbocycles. The standard InChI is InChI=1S/C12H11F3O.C11H13N5O.C2H6/c13-12(14,15)11(6-7-11)10-3-1-9(2-4-10)5-8-16;1-13-11-10(17)7-16(15-11)6-9-3-2-8(4-12)5-14-9;1-2/h1-4,8H,5-7H2;2-3,5,7,11,13,15,17H,6H2,1H3;1-2H3. The van der Waals surface area contributed by atoms with Crippen LogP contribution in [0.25, 0.3) is 0 Å². The van der Waals surface area contributed by atoms with E-state index in [2.05, 4.69) is 15.7 Å². The van der Waals surface area contributed by atoms with Crippen LogP contribution in [-0.2, 0) is 23.2 Å². The van der Waals surface area contributed by atoms with Gasteiger partial charge in [0.2, 0.25) is 0 Å². The second-order valence-electron chi connectivity index (χ2n) is 7.83. The minimum atomic E-state index is -4.17. The maximum atomic E-state index is 12.8. The van der Waals surface area contributed by atoms with Gasteiger partial charge in [-0.2, -0.15) is 18.4 Å². The zero-order chi connectivity index (χ0) is 26.1. The Bertz CT molecular complexity index is 1030. The number of carbonyl (C=O) groups is 1. The van der Waals surface area contributed by atoms with E-state index in [-0.39, 0.29) is 31.2 Å². The number of aliphatic hydroxyl groups is 1. The Morgan fingerprint density at radius 1 is 1.26 bits per heavy atom. The summed E-state index contributed by atoms with van der Waals surface area (Å²) in [6, 6.07) is 11.7. The number of carbonyl (C=O) groups excluding carboxylic acids is 1. The van der Waals surface area contributed by atoms with Crippen molar-refractivity contribution in [3.63, 3.8) is 0 Å². The summed E-state index contributed by atoms with van der Waals surface area (Å²) >= 11 is 0. The quantitative estimate of drug-likeness (QED) is 0.521. The van der Waals surface area contributed by atoms with E-state index in [0.717, 1.165) is 17.5 Å². The third kappa shape index (κ3) is 7.04. The molecule has 1 aliphatic carbocycles. The van der Waals surface area contributed by atoms with E-state index in [0.29, 0.717) is 17.7 Å². The Balaban J connectivity index is 0.000000231. The smallest absolute Gasteiger partial charge is 0.398 e. The first-order chi connectivity index (χ1) is 16.7. The Labute approximate surface area is 203 Å². The van der Waals surface area contributed by atoms with Crippen molar-refractivity contribution >= 4 is 6.29 Å². The first-order valence-electron chi connectivity index (χ1n) is 11.3. The number of rotatable bonds is 6. The molecule has 0 radical (unpaired) electrons. The average Bonchev–Trinajstić information content (AvgIpc) is 3.61. The fourth-order valence-electron chi connectivity index (χ4n) is 3.48. The molecule has 0 saturated heterocycles. The highest BCUT2D eigenvalue weighted by Gasteiger charge is 2.64. The molecule has 1 atom stereocenters. The fourth-order valence-corrected chi connectivity index (χ4v) is 3.48. The van der Waals surface area contributed by atoms with Crippen molar-refractivity contribution in [2.45, 2.75) is 57.4 Å². The van der Waals surface area contributed by atoms with Crippen LogP contribution in [0.5, 0.6) is 0 Å². The van der Waals surface area contributed by atoms with E-state index >= 15 is 0 Å². The molecule has 0 amide bonds. The number of likely N-dealkylation sites (N-methyl/N-ethyl adjacent to an activating group) is 1. The minimum absolute atomic E-state index is 0.170. The van der Waals surface area contributed by atoms with Gasteiger partial charge >= 0.3 is 6.18 Å². The number of alkyl halides is 3. The van der Waals surface area contributed by atoms with Crippen LogP contribution < -0.4 is 10.7 Å². The third-order valence-electron chi connectivity index (χ3n) is 5.57. The average molecular weight is 490 g/mol. The zero-order valence-electron chi connectivity index (χ0n) is 19.9. The number of hydrogen-bond donors (Lipinski definition) is 3. The molecule has 3 N–H and O–H groups in total. The number of halogens is 3. The van der Waals surface area contributed by atoms with Gasteiger partial charge in [0.25, 0.3) is 0 Å². The number of aliphatic hydroxyl groups excluding tert-OH is 1. The number of hydrazine groups is 1. The summed E-state index contributed by atoms with van der Waals surface area (Å²) in [5, 5.41) is 22.9. The van der Waals surface area contributed by atoms with Gasteiger partial charge in [-0.3, -0.25) is 10.3 Å². The van der Waals surface area contributed by atoms with Gasteiger partial charge in [0, 0.05) is 12.6 Å². The molecule has 1 unspecified atom stereocenters. The van der Waals surface area contributed by atoms with Crippen molar-refractivity contribution in [1.82, 2.24) is 20.7 Å².